The predicted octanol–water partition coefficient (Wildman–Crippen LogP) is -4.71. The fourth-order valence-electron chi connectivity index (χ4n) is 5.43. The quantitative estimate of drug-likeness (QED) is 0.0201. The molecule has 0 aromatic rings. The molecule has 72 heavy (non-hydrogen) atoms. The summed E-state index contributed by atoms with van der Waals surface area (Å²) in [5.74, 6) is 0.100. The Morgan fingerprint density at radius 1 is 0.389 bits per heavy atom. The first-order chi connectivity index (χ1) is 34.2. The zero-order chi connectivity index (χ0) is 53.9. The number of carbonyl (C=O) groups excluding carboxylic acids is 1. The highest BCUT2D eigenvalue weighted by Crippen LogP contribution is 2.37. The highest BCUT2D eigenvalue weighted by molar-refractivity contribution is 7.51. The third-order valence-corrected chi connectivity index (χ3v) is 10.4. The molecule has 1 unspecified atom stereocenters. The second-order valence-corrected chi connectivity index (χ2v) is 18.8. The number of carbonyl (C=O) groups is 1. The molecule has 0 radical (unpaired) electrons. The Kier molecular flexibility index (Phi) is 45.6. The molecule has 0 amide bonds. The fourth-order valence-corrected chi connectivity index (χ4v) is 6.20. The first-order valence-electron chi connectivity index (χ1n) is 23.5. The summed E-state index contributed by atoms with van der Waals surface area (Å²) in [6, 6.07) is 0. The molecule has 0 saturated carbocycles. The number of Topliss-reactive ketones (excluding diaryl/α,β-unsaturated/α-hetero) is 1. The summed E-state index contributed by atoms with van der Waals surface area (Å²) in [4.78, 5) is 38.9. The molecule has 0 aromatic carbocycles. The maximum absolute atomic E-state index is 11.4. The minimum atomic E-state index is -5.04. The van der Waals surface area contributed by atoms with E-state index in [1.165, 1.54) is 11.8 Å². The number of ether oxygens (including phenoxy) is 12. The second kappa shape index (κ2) is 46.2. The van der Waals surface area contributed by atoms with Crippen molar-refractivity contribution in [2.45, 2.75) is 62.2 Å². The van der Waals surface area contributed by atoms with Crippen molar-refractivity contribution < 1.29 is 135 Å². The van der Waals surface area contributed by atoms with E-state index in [0.717, 1.165) is 6.66 Å². The predicted molar refractivity (Wildman–Crippen MR) is 249 cm³/mol. The van der Waals surface area contributed by atoms with Gasteiger partial charge in [-0.05, 0) is 6.92 Å². The van der Waals surface area contributed by atoms with Crippen LogP contribution in [0, 0.1) is 0 Å². The lowest BCUT2D eigenvalue weighted by atomic mass is 10.0. The van der Waals surface area contributed by atoms with E-state index in [0.29, 0.717) is 132 Å². The van der Waals surface area contributed by atoms with Gasteiger partial charge in [0.2, 0.25) is 0 Å². The topological polar surface area (TPSA) is 406 Å². The Morgan fingerprint density at radius 3 is 0.875 bits per heavy atom. The fraction of sp³-hybridized carbons (Fsp3) is 0.976. The van der Waals surface area contributed by atoms with E-state index in [1.807, 2.05) is 0 Å². The summed E-state index contributed by atoms with van der Waals surface area (Å²) < 4.78 is 96.2. The number of hydrogen-bond acceptors (Lipinski definition) is 26. The van der Waals surface area contributed by atoms with Crippen LogP contribution < -0.4 is 0 Å². The molecule has 11 N–H and O–H groups in total. The summed E-state index contributed by atoms with van der Waals surface area (Å²) in [6.07, 6.45) is -15.6. The molecule has 0 bridgehead atoms. The highest BCUT2D eigenvalue weighted by Gasteiger charge is 2.36. The van der Waals surface area contributed by atoms with Gasteiger partial charge in [0.15, 0.2) is 0 Å². The summed E-state index contributed by atoms with van der Waals surface area (Å²) in [5, 5.41) is 82.6. The van der Waals surface area contributed by atoms with Gasteiger partial charge in [-0.3, -0.25) is 18.8 Å². The van der Waals surface area contributed by atoms with E-state index in [-0.39, 0.29) is 45.4 Å². The molecule has 432 valence electrons. The molecule has 9 atom stereocenters. The van der Waals surface area contributed by atoms with Crippen molar-refractivity contribution in [2.75, 3.05) is 198 Å². The number of aliphatic hydroxyl groups is 8. The minimum absolute atomic E-state index is 0.0752. The lowest BCUT2D eigenvalue weighted by molar-refractivity contribution is -0.130. The number of phosphoric acid groups is 1. The van der Waals surface area contributed by atoms with Crippen LogP contribution in [0.1, 0.15) is 13.3 Å². The van der Waals surface area contributed by atoms with E-state index >= 15 is 0 Å². The molecule has 0 spiro atoms. The molecule has 0 aliphatic heterocycles. The van der Waals surface area contributed by atoms with Crippen molar-refractivity contribution in [3.05, 3.63) is 0 Å². The maximum atomic E-state index is 11.4. The summed E-state index contributed by atoms with van der Waals surface area (Å²) in [5.41, 5.74) is 0. The van der Waals surface area contributed by atoms with E-state index in [2.05, 4.69) is 9.05 Å². The van der Waals surface area contributed by atoms with Crippen molar-refractivity contribution >= 4 is 21.2 Å². The first-order valence-corrected chi connectivity index (χ1v) is 27.0. The molecule has 0 rings (SSSR count). The van der Waals surface area contributed by atoms with Crippen molar-refractivity contribution in [1.82, 2.24) is 4.90 Å². The van der Waals surface area contributed by atoms with Gasteiger partial charge in [-0.2, -0.15) is 0 Å². The molecule has 0 saturated heterocycles. The first kappa shape index (κ1) is 71.1. The van der Waals surface area contributed by atoms with Gasteiger partial charge in [0.05, 0.1) is 184 Å². The van der Waals surface area contributed by atoms with Crippen LogP contribution in [-0.4, -0.2) is 313 Å². The smallest absolute Gasteiger partial charge is 0.389 e. The lowest BCUT2D eigenvalue weighted by Gasteiger charge is -2.33. The van der Waals surface area contributed by atoms with Gasteiger partial charge in [-0.15, -0.1) is 0 Å². The average Bonchev–Trinajstić information content (AvgIpc) is 3.32. The van der Waals surface area contributed by atoms with Crippen LogP contribution in [0.25, 0.3) is 0 Å². The van der Waals surface area contributed by atoms with Crippen LogP contribution in [0.3, 0.4) is 0 Å². The summed E-state index contributed by atoms with van der Waals surface area (Å²) in [6.45, 7) is 7.81. The Morgan fingerprint density at radius 2 is 0.625 bits per heavy atom. The molecular weight excluding hydrogens is 1020 g/mol. The Balaban J connectivity index is 4.00. The molecular formula is C41H85NO28P2. The Labute approximate surface area is 421 Å². The van der Waals surface area contributed by atoms with Gasteiger partial charge >= 0.3 is 15.4 Å². The summed E-state index contributed by atoms with van der Waals surface area (Å²) in [7, 11) is -9.08. The molecule has 0 fully saturated rings. The van der Waals surface area contributed by atoms with Gasteiger partial charge in [-0.25, -0.2) is 4.57 Å². The Hall–Kier alpha value is -0.910. The van der Waals surface area contributed by atoms with Gasteiger partial charge < -0.3 is 117 Å². The van der Waals surface area contributed by atoms with Crippen LogP contribution in [0.4, 0.5) is 0 Å². The third-order valence-electron chi connectivity index (χ3n) is 9.31. The maximum Gasteiger partial charge on any atom is 0.469 e. The summed E-state index contributed by atoms with van der Waals surface area (Å²) >= 11 is 0. The molecule has 0 aromatic heterocycles. The molecule has 0 heterocycles. The number of nitrogens with zero attached hydrogens (tertiary/aromatic N) is 1. The average molecular weight is 1100 g/mol. The highest BCUT2D eigenvalue weighted by atomic mass is 31.2. The SMILES string of the molecule is CC(=O)CCOCCOCCOCCOCCOCCOCCOCCOCCOCCOCCOCCOCCN(C[C@H](O)[C@@H](O)[C@H](O)[C@H](O)COP(C)(=O)O)C[C@H](O)[C@@H](O)[C@H](O)[C@H](O)COP(=O)(O)O. The monoisotopic (exact) mass is 1100 g/mol. The van der Waals surface area contributed by atoms with Gasteiger partial charge in [0.25, 0.3) is 0 Å². The molecule has 29 nitrogen and oxygen atoms in total. The standard InChI is InChI=1S/C41H85NO28P2/c1-33(43)3-5-57-7-9-59-11-13-61-15-17-63-19-21-65-23-25-67-27-28-68-26-24-66-22-20-64-18-16-62-14-12-60-10-8-58-6-4-42(29-34(44)38(48)40(50)36(46)31-69-71(2,52)53)30-35(45)39(49)41(51)37(47)32-70-72(54,55)56/h34-41,44-51H,3-32H2,1-2H3,(H,52,53)(H2,54,55,56)/t34-,35-,36+,37+,38+,39+,40+,41+/m0/s1. The number of ketones is 1. The van der Waals surface area contributed by atoms with E-state index in [1.54, 1.807) is 0 Å². The number of phosphoric ester groups is 1. The van der Waals surface area contributed by atoms with Crippen LogP contribution in [0.5, 0.6) is 0 Å². The Bertz CT molecular complexity index is 1290. The van der Waals surface area contributed by atoms with Crippen LogP contribution in [0.15, 0.2) is 0 Å². The molecule has 31 heteroatoms. The van der Waals surface area contributed by atoms with Crippen molar-refractivity contribution in [3.63, 3.8) is 0 Å². The van der Waals surface area contributed by atoms with Crippen molar-refractivity contribution in [2.24, 2.45) is 0 Å². The number of aliphatic hydroxyl groups excluding tert-OH is 8. The van der Waals surface area contributed by atoms with Gasteiger partial charge in [0, 0.05) is 32.7 Å². The van der Waals surface area contributed by atoms with E-state index < -0.39 is 90.6 Å². The van der Waals surface area contributed by atoms with Gasteiger partial charge in [0.1, 0.15) is 42.4 Å². The van der Waals surface area contributed by atoms with Crippen molar-refractivity contribution in [3.8, 4) is 0 Å². The van der Waals surface area contributed by atoms with Crippen LogP contribution in [-0.2, 0) is 79.8 Å². The van der Waals surface area contributed by atoms with Crippen LogP contribution in [0.2, 0.25) is 0 Å². The minimum Gasteiger partial charge on any atom is -0.389 e. The third kappa shape index (κ3) is 45.3. The van der Waals surface area contributed by atoms with Crippen LogP contribution >= 0.6 is 15.4 Å². The lowest BCUT2D eigenvalue weighted by Crippen LogP contribution is -2.53. The van der Waals surface area contributed by atoms with E-state index in [4.69, 9.17) is 66.6 Å². The van der Waals surface area contributed by atoms with Gasteiger partial charge in [-0.1, -0.05) is 0 Å². The largest absolute Gasteiger partial charge is 0.469 e. The molecule has 0 aliphatic carbocycles. The zero-order valence-electron chi connectivity index (χ0n) is 41.5. The van der Waals surface area contributed by atoms with Crippen molar-refractivity contribution in [1.29, 1.82) is 0 Å². The zero-order valence-corrected chi connectivity index (χ0v) is 43.3. The number of rotatable bonds is 55. The van der Waals surface area contributed by atoms with E-state index in [9.17, 15) is 59.7 Å². The second-order valence-electron chi connectivity index (χ2n) is 15.7. The molecule has 0 aliphatic rings. The number of hydrogen-bond donors (Lipinski definition) is 11. The normalized spacial score (nSPS) is 16.6.